The van der Waals surface area contributed by atoms with Gasteiger partial charge in [0.1, 0.15) is 5.76 Å². The van der Waals surface area contributed by atoms with Crippen molar-refractivity contribution in [3.63, 3.8) is 0 Å². The van der Waals surface area contributed by atoms with Crippen molar-refractivity contribution in [1.82, 2.24) is 24.4 Å². The van der Waals surface area contributed by atoms with Gasteiger partial charge in [0.25, 0.3) is 5.56 Å². The molecule has 1 aliphatic heterocycles. The Morgan fingerprint density at radius 2 is 2.23 bits per heavy atom. The predicted octanol–water partition coefficient (Wildman–Crippen LogP) is 1.92. The molecule has 0 radical (unpaired) electrons. The molecule has 1 N–H and O–H groups in total. The lowest BCUT2D eigenvalue weighted by Gasteiger charge is -2.35. The van der Waals surface area contributed by atoms with E-state index in [1.54, 1.807) is 18.5 Å². The Hall–Kier alpha value is -2.90. The number of imidazole rings is 1. The number of rotatable bonds is 3. The number of amides is 1. The summed E-state index contributed by atoms with van der Waals surface area (Å²) in [5.74, 6) is 1.20. The number of hydrogen-bond acceptors (Lipinski definition) is 5. The van der Waals surface area contributed by atoms with Gasteiger partial charge < -0.3 is 14.4 Å². The van der Waals surface area contributed by atoms with Gasteiger partial charge in [0.15, 0.2) is 0 Å². The second kappa shape index (κ2) is 6.44. The summed E-state index contributed by atoms with van der Waals surface area (Å²) in [7, 11) is 0. The normalized spacial score (nSPS) is 17.8. The highest BCUT2D eigenvalue weighted by atomic mass is 16.5. The van der Waals surface area contributed by atoms with Crippen LogP contribution in [0.3, 0.4) is 0 Å². The zero-order chi connectivity index (χ0) is 18.3. The van der Waals surface area contributed by atoms with Crippen molar-refractivity contribution in [2.75, 3.05) is 6.54 Å². The van der Waals surface area contributed by atoms with Gasteiger partial charge in [0.2, 0.25) is 11.7 Å². The molecule has 1 fully saturated rings. The van der Waals surface area contributed by atoms with Crippen LogP contribution < -0.4 is 5.56 Å². The molecule has 8 nitrogen and oxygen atoms in total. The van der Waals surface area contributed by atoms with Gasteiger partial charge in [-0.1, -0.05) is 5.16 Å². The number of aromatic nitrogens is 4. The highest BCUT2D eigenvalue weighted by Gasteiger charge is 2.30. The molecule has 1 amide bonds. The smallest absolute Gasteiger partial charge is 0.259 e. The summed E-state index contributed by atoms with van der Waals surface area (Å²) >= 11 is 0. The topological polar surface area (TPSA) is 96.5 Å². The van der Waals surface area contributed by atoms with Crippen LogP contribution in [-0.2, 0) is 11.2 Å². The fourth-order valence-corrected chi connectivity index (χ4v) is 3.68. The number of hydrogen-bond donors (Lipinski definition) is 1. The summed E-state index contributed by atoms with van der Waals surface area (Å²) in [6.07, 6.45) is 6.26. The number of aryl methyl sites for hydroxylation is 2. The molecule has 0 bridgehead atoms. The third-order valence-electron chi connectivity index (χ3n) is 5.10. The molecule has 1 atom stereocenters. The molecular weight excluding hydrogens is 334 g/mol. The fourth-order valence-electron chi connectivity index (χ4n) is 3.68. The van der Waals surface area contributed by atoms with Crippen molar-refractivity contribution < 1.29 is 9.32 Å². The lowest BCUT2D eigenvalue weighted by Crippen LogP contribution is -2.40. The average Bonchev–Trinajstić information content (AvgIpc) is 3.24. The number of carbonyl (C=O) groups excluding carboxylic acids is 1. The van der Waals surface area contributed by atoms with Gasteiger partial charge in [0.05, 0.1) is 18.2 Å². The highest BCUT2D eigenvalue weighted by molar-refractivity contribution is 5.79. The largest absolute Gasteiger partial charge is 0.361 e. The van der Waals surface area contributed by atoms with Crippen LogP contribution in [0.5, 0.6) is 0 Å². The molecule has 8 heteroatoms. The first kappa shape index (κ1) is 16.6. The number of nitrogens with zero attached hydrogens (tertiary/aromatic N) is 4. The first-order valence-electron chi connectivity index (χ1n) is 8.82. The quantitative estimate of drug-likeness (QED) is 0.774. The van der Waals surface area contributed by atoms with Crippen LogP contribution >= 0.6 is 0 Å². The maximum atomic E-state index is 13.0. The number of carbonyl (C=O) groups is 1. The highest BCUT2D eigenvalue weighted by Crippen LogP contribution is 2.30. The minimum absolute atomic E-state index is 0.0214. The van der Waals surface area contributed by atoms with Crippen LogP contribution in [0, 0.1) is 13.8 Å². The van der Waals surface area contributed by atoms with Crippen LogP contribution in [0.4, 0.5) is 0 Å². The first-order chi connectivity index (χ1) is 12.5. The molecule has 26 heavy (non-hydrogen) atoms. The molecule has 0 saturated carbocycles. The van der Waals surface area contributed by atoms with Crippen LogP contribution in [-0.4, -0.2) is 36.9 Å². The molecule has 0 unspecified atom stereocenters. The van der Waals surface area contributed by atoms with Crippen molar-refractivity contribution >= 4 is 11.7 Å². The monoisotopic (exact) mass is 355 g/mol. The van der Waals surface area contributed by atoms with E-state index in [0.717, 1.165) is 36.2 Å². The average molecular weight is 355 g/mol. The van der Waals surface area contributed by atoms with Gasteiger partial charge in [-0.3, -0.25) is 14.0 Å². The Morgan fingerprint density at radius 1 is 1.38 bits per heavy atom. The van der Waals surface area contributed by atoms with Gasteiger partial charge in [-0.2, -0.15) is 0 Å². The maximum absolute atomic E-state index is 13.0. The summed E-state index contributed by atoms with van der Waals surface area (Å²) in [5, 5.41) is 3.93. The van der Waals surface area contributed by atoms with E-state index >= 15 is 0 Å². The molecular formula is C18H21N5O3. The molecule has 3 aromatic rings. The SMILES string of the molecule is Cc1noc(C)c1CC(=O)N1CCCC[C@@H]1c1cc(=O)n2ccnc2[nH]1. The fraction of sp³-hybridized carbons (Fsp3) is 0.444. The van der Waals surface area contributed by atoms with E-state index in [1.807, 2.05) is 18.7 Å². The van der Waals surface area contributed by atoms with Crippen LogP contribution in [0.1, 0.15) is 48.0 Å². The number of fused-ring (bicyclic) bond motifs is 1. The summed E-state index contributed by atoms with van der Waals surface area (Å²) in [6.45, 7) is 4.34. The molecule has 0 spiro atoms. The number of H-pyrrole nitrogens is 1. The molecule has 3 aromatic heterocycles. The van der Waals surface area contributed by atoms with E-state index in [2.05, 4.69) is 15.1 Å². The Morgan fingerprint density at radius 3 is 3.00 bits per heavy atom. The van der Waals surface area contributed by atoms with E-state index < -0.39 is 0 Å². The number of aromatic amines is 1. The lowest BCUT2D eigenvalue weighted by atomic mass is 9.97. The number of nitrogens with one attached hydrogen (secondary N) is 1. The van der Waals surface area contributed by atoms with Gasteiger partial charge >= 0.3 is 0 Å². The lowest BCUT2D eigenvalue weighted by molar-refractivity contribution is -0.134. The standard InChI is InChI=1S/C18H21N5O3/c1-11-13(12(2)26-21-11)9-16(24)22-7-4-3-5-15(22)14-10-17(25)23-8-6-19-18(23)20-14/h6,8,10,15H,3-5,7,9H2,1-2H3,(H,19,20)/t15-/m1/s1. The van der Waals surface area contributed by atoms with Gasteiger partial charge in [-0.15, -0.1) is 0 Å². The van der Waals surface area contributed by atoms with E-state index in [-0.39, 0.29) is 23.9 Å². The van der Waals surface area contributed by atoms with Crippen LogP contribution in [0.2, 0.25) is 0 Å². The number of piperidine rings is 1. The Balaban J connectivity index is 1.65. The first-order valence-corrected chi connectivity index (χ1v) is 8.82. The Kier molecular flexibility index (Phi) is 4.10. The molecule has 1 aliphatic rings. The van der Waals surface area contributed by atoms with E-state index in [4.69, 9.17) is 4.52 Å². The number of likely N-dealkylation sites (tertiary alicyclic amines) is 1. The van der Waals surface area contributed by atoms with Gasteiger partial charge in [-0.25, -0.2) is 4.98 Å². The third kappa shape index (κ3) is 2.81. The van der Waals surface area contributed by atoms with Gasteiger partial charge in [-0.05, 0) is 33.1 Å². The summed E-state index contributed by atoms with van der Waals surface area (Å²) in [6, 6.07) is 1.42. The summed E-state index contributed by atoms with van der Waals surface area (Å²) in [5.41, 5.74) is 2.18. The summed E-state index contributed by atoms with van der Waals surface area (Å²) in [4.78, 5) is 34.5. The molecule has 1 saturated heterocycles. The van der Waals surface area contributed by atoms with E-state index in [9.17, 15) is 9.59 Å². The molecule has 4 heterocycles. The molecule has 4 rings (SSSR count). The van der Waals surface area contributed by atoms with Crippen molar-refractivity contribution in [1.29, 1.82) is 0 Å². The molecule has 136 valence electrons. The third-order valence-corrected chi connectivity index (χ3v) is 5.10. The second-order valence-corrected chi connectivity index (χ2v) is 6.76. The summed E-state index contributed by atoms with van der Waals surface area (Å²) < 4.78 is 6.63. The zero-order valence-corrected chi connectivity index (χ0v) is 14.9. The van der Waals surface area contributed by atoms with Crippen LogP contribution in [0.15, 0.2) is 27.8 Å². The van der Waals surface area contributed by atoms with Crippen LogP contribution in [0.25, 0.3) is 5.78 Å². The Bertz CT molecular complexity index is 996. The van der Waals surface area contributed by atoms with Crippen molar-refractivity contribution in [2.45, 2.75) is 45.6 Å². The zero-order valence-electron chi connectivity index (χ0n) is 14.9. The van der Waals surface area contributed by atoms with Gasteiger partial charge in [0, 0.05) is 36.3 Å². The predicted molar refractivity (Wildman–Crippen MR) is 93.8 cm³/mol. The minimum atomic E-state index is -0.147. The van der Waals surface area contributed by atoms with E-state index in [1.165, 1.54) is 4.40 Å². The molecule has 0 aliphatic carbocycles. The minimum Gasteiger partial charge on any atom is -0.361 e. The van der Waals surface area contributed by atoms with Crippen molar-refractivity contribution in [2.24, 2.45) is 0 Å². The van der Waals surface area contributed by atoms with Crippen molar-refractivity contribution in [3.05, 3.63) is 51.5 Å². The second-order valence-electron chi connectivity index (χ2n) is 6.76. The van der Waals surface area contributed by atoms with Crippen molar-refractivity contribution in [3.8, 4) is 0 Å². The maximum Gasteiger partial charge on any atom is 0.259 e. The Labute approximate surface area is 149 Å². The molecule has 0 aromatic carbocycles. The van der Waals surface area contributed by atoms with E-state index in [0.29, 0.717) is 18.1 Å².